The number of ether oxygens (including phenoxy) is 1. The third-order valence-electron chi connectivity index (χ3n) is 3.26. The number of carbonyl (C=O) groups excluding carboxylic acids is 2. The molecule has 0 saturated heterocycles. The van der Waals surface area contributed by atoms with Crippen LogP contribution in [0.25, 0.3) is 0 Å². The van der Waals surface area contributed by atoms with Crippen LogP contribution in [0.2, 0.25) is 5.02 Å². The molecule has 0 spiro atoms. The molecule has 0 fully saturated rings. The van der Waals surface area contributed by atoms with Crippen molar-refractivity contribution in [3.05, 3.63) is 64.4 Å². The minimum atomic E-state index is -1.01. The Labute approximate surface area is 138 Å². The first kappa shape index (κ1) is 17.0. The van der Waals surface area contributed by atoms with E-state index in [0.717, 1.165) is 17.7 Å². The fraction of sp³-hybridized carbons (Fsp3) is 0.176. The van der Waals surface area contributed by atoms with Crippen molar-refractivity contribution < 1.29 is 18.7 Å². The summed E-state index contributed by atoms with van der Waals surface area (Å²) in [4.78, 5) is 24.0. The monoisotopic (exact) mass is 335 g/mol. The van der Waals surface area contributed by atoms with E-state index in [2.05, 4.69) is 5.32 Å². The largest absolute Gasteiger partial charge is 0.449 e. The summed E-state index contributed by atoms with van der Waals surface area (Å²) in [5.41, 5.74) is 1.44. The van der Waals surface area contributed by atoms with E-state index in [4.69, 9.17) is 16.3 Å². The molecule has 1 N–H and O–H groups in total. The Morgan fingerprint density at radius 1 is 1.17 bits per heavy atom. The fourth-order valence-corrected chi connectivity index (χ4v) is 2.02. The van der Waals surface area contributed by atoms with E-state index in [1.54, 1.807) is 25.1 Å². The molecule has 0 aliphatic rings. The summed E-state index contributed by atoms with van der Waals surface area (Å²) in [7, 11) is 0. The van der Waals surface area contributed by atoms with Crippen LogP contribution in [0.15, 0.2) is 42.5 Å². The Morgan fingerprint density at radius 3 is 2.48 bits per heavy atom. The molecular weight excluding hydrogens is 321 g/mol. The Bertz CT molecular complexity index is 731. The molecular formula is C17H15ClFNO3. The average Bonchev–Trinajstić information content (AvgIpc) is 2.52. The first-order valence-corrected chi connectivity index (χ1v) is 7.29. The summed E-state index contributed by atoms with van der Waals surface area (Å²) < 4.78 is 17.9. The van der Waals surface area contributed by atoms with Crippen molar-refractivity contribution in [3.63, 3.8) is 0 Å². The van der Waals surface area contributed by atoms with Gasteiger partial charge in [0.1, 0.15) is 5.82 Å². The zero-order valence-corrected chi connectivity index (χ0v) is 13.4. The maximum atomic E-state index is 12.8. The van der Waals surface area contributed by atoms with E-state index in [9.17, 15) is 14.0 Å². The number of nitrogens with one attached hydrogen (secondary N) is 1. The van der Waals surface area contributed by atoms with Crippen molar-refractivity contribution in [3.8, 4) is 0 Å². The summed E-state index contributed by atoms with van der Waals surface area (Å²) in [6.45, 7) is 3.23. The van der Waals surface area contributed by atoms with E-state index >= 15 is 0 Å². The quantitative estimate of drug-likeness (QED) is 0.860. The predicted octanol–water partition coefficient (Wildman–Crippen LogP) is 3.97. The van der Waals surface area contributed by atoms with Gasteiger partial charge < -0.3 is 10.1 Å². The molecule has 2 aromatic rings. The predicted molar refractivity (Wildman–Crippen MR) is 86.1 cm³/mol. The molecule has 23 heavy (non-hydrogen) atoms. The lowest BCUT2D eigenvalue weighted by Crippen LogP contribution is -2.30. The van der Waals surface area contributed by atoms with Crippen LogP contribution in [0.1, 0.15) is 22.8 Å². The fourth-order valence-electron chi connectivity index (χ4n) is 1.85. The van der Waals surface area contributed by atoms with Crippen LogP contribution in [0.4, 0.5) is 10.1 Å². The third kappa shape index (κ3) is 4.29. The van der Waals surface area contributed by atoms with Gasteiger partial charge in [-0.1, -0.05) is 17.7 Å². The summed E-state index contributed by atoms with van der Waals surface area (Å²) in [6, 6.07) is 10.0. The molecule has 0 radical (unpaired) electrons. The Hall–Kier alpha value is -2.40. The number of halogens is 2. The number of amides is 1. The van der Waals surface area contributed by atoms with Gasteiger partial charge in [-0.25, -0.2) is 9.18 Å². The highest BCUT2D eigenvalue weighted by Gasteiger charge is 2.19. The van der Waals surface area contributed by atoms with E-state index in [-0.39, 0.29) is 5.56 Å². The molecule has 0 saturated carbocycles. The lowest BCUT2D eigenvalue weighted by molar-refractivity contribution is -0.123. The number of esters is 1. The minimum absolute atomic E-state index is 0.171. The van der Waals surface area contributed by atoms with Crippen molar-refractivity contribution in [1.29, 1.82) is 0 Å². The maximum absolute atomic E-state index is 12.8. The molecule has 0 aliphatic heterocycles. The molecule has 0 unspecified atom stereocenters. The standard InChI is InChI=1S/C17H15ClFNO3/c1-10-14(18)4-3-5-15(10)20-16(21)11(2)23-17(22)12-6-8-13(19)9-7-12/h3-9,11H,1-2H3,(H,20,21)/t11-/m0/s1. The number of hydrogen-bond donors (Lipinski definition) is 1. The van der Waals surface area contributed by atoms with Crippen molar-refractivity contribution in [2.45, 2.75) is 20.0 Å². The Kier molecular flexibility index (Phi) is 5.34. The van der Waals surface area contributed by atoms with Crippen LogP contribution in [-0.2, 0) is 9.53 Å². The number of benzene rings is 2. The van der Waals surface area contributed by atoms with Gasteiger partial charge in [-0.05, 0) is 55.8 Å². The van der Waals surface area contributed by atoms with Crippen LogP contribution in [-0.4, -0.2) is 18.0 Å². The van der Waals surface area contributed by atoms with Gasteiger partial charge in [0, 0.05) is 10.7 Å². The number of carbonyl (C=O) groups is 2. The van der Waals surface area contributed by atoms with Crippen molar-refractivity contribution in [2.24, 2.45) is 0 Å². The number of hydrogen-bond acceptors (Lipinski definition) is 3. The van der Waals surface area contributed by atoms with Crippen molar-refractivity contribution in [1.82, 2.24) is 0 Å². The maximum Gasteiger partial charge on any atom is 0.338 e. The van der Waals surface area contributed by atoms with Crippen LogP contribution >= 0.6 is 11.6 Å². The first-order chi connectivity index (χ1) is 10.9. The van der Waals surface area contributed by atoms with Gasteiger partial charge in [0.15, 0.2) is 6.10 Å². The van der Waals surface area contributed by atoms with Crippen molar-refractivity contribution in [2.75, 3.05) is 5.32 Å². The number of anilines is 1. The van der Waals surface area contributed by atoms with Gasteiger partial charge >= 0.3 is 5.97 Å². The van der Waals surface area contributed by atoms with E-state index in [0.29, 0.717) is 10.7 Å². The van der Waals surface area contributed by atoms with Crippen LogP contribution in [0, 0.1) is 12.7 Å². The lowest BCUT2D eigenvalue weighted by Gasteiger charge is -2.15. The summed E-state index contributed by atoms with van der Waals surface area (Å²) in [5.74, 6) is -1.63. The topological polar surface area (TPSA) is 55.4 Å². The van der Waals surface area contributed by atoms with Crippen LogP contribution < -0.4 is 5.32 Å². The highest BCUT2D eigenvalue weighted by Crippen LogP contribution is 2.23. The van der Waals surface area contributed by atoms with Gasteiger partial charge in [0.05, 0.1) is 5.56 Å². The molecule has 120 valence electrons. The molecule has 0 aliphatic carbocycles. The average molecular weight is 336 g/mol. The summed E-state index contributed by atoms with van der Waals surface area (Å²) in [6.07, 6.45) is -1.01. The van der Waals surface area contributed by atoms with Crippen molar-refractivity contribution >= 4 is 29.2 Å². The second-order valence-corrected chi connectivity index (χ2v) is 5.36. The second-order valence-electron chi connectivity index (χ2n) is 4.96. The zero-order valence-electron chi connectivity index (χ0n) is 12.6. The van der Waals surface area contributed by atoms with Gasteiger partial charge in [-0.3, -0.25) is 4.79 Å². The molecule has 2 aromatic carbocycles. The molecule has 0 aromatic heterocycles. The van der Waals surface area contributed by atoms with Gasteiger partial charge in [0.25, 0.3) is 5.91 Å². The van der Waals surface area contributed by atoms with Crippen LogP contribution in [0.5, 0.6) is 0 Å². The van der Waals surface area contributed by atoms with Gasteiger partial charge in [-0.15, -0.1) is 0 Å². The lowest BCUT2D eigenvalue weighted by atomic mass is 10.2. The number of rotatable bonds is 4. The van der Waals surface area contributed by atoms with E-state index in [1.165, 1.54) is 19.1 Å². The Morgan fingerprint density at radius 2 is 1.83 bits per heavy atom. The van der Waals surface area contributed by atoms with Gasteiger partial charge in [0.2, 0.25) is 0 Å². The normalized spacial score (nSPS) is 11.7. The minimum Gasteiger partial charge on any atom is -0.449 e. The van der Waals surface area contributed by atoms with Gasteiger partial charge in [-0.2, -0.15) is 0 Å². The highest BCUT2D eigenvalue weighted by molar-refractivity contribution is 6.31. The van der Waals surface area contributed by atoms with Crippen LogP contribution in [0.3, 0.4) is 0 Å². The smallest absolute Gasteiger partial charge is 0.338 e. The molecule has 1 amide bonds. The molecule has 0 heterocycles. The zero-order chi connectivity index (χ0) is 17.0. The third-order valence-corrected chi connectivity index (χ3v) is 3.67. The summed E-state index contributed by atoms with van der Waals surface area (Å²) in [5, 5.41) is 3.18. The summed E-state index contributed by atoms with van der Waals surface area (Å²) >= 11 is 5.99. The second kappa shape index (κ2) is 7.24. The first-order valence-electron chi connectivity index (χ1n) is 6.91. The van der Waals surface area contributed by atoms with E-state index in [1.807, 2.05) is 0 Å². The molecule has 6 heteroatoms. The highest BCUT2D eigenvalue weighted by atomic mass is 35.5. The SMILES string of the molecule is Cc1c(Cl)cccc1NC(=O)[C@H](C)OC(=O)c1ccc(F)cc1. The molecule has 4 nitrogen and oxygen atoms in total. The molecule has 0 bridgehead atoms. The van der Waals surface area contributed by atoms with E-state index < -0.39 is 23.8 Å². The molecule has 2 rings (SSSR count). The molecule has 1 atom stereocenters. The Balaban J connectivity index is 2.01.